The number of benzene rings is 1. The molecule has 7 heteroatoms. The number of hydrogen-bond acceptors (Lipinski definition) is 4. The lowest BCUT2D eigenvalue weighted by atomic mass is 10.1. The van der Waals surface area contributed by atoms with Gasteiger partial charge in [-0.25, -0.2) is 4.39 Å². The van der Waals surface area contributed by atoms with Gasteiger partial charge in [-0.3, -0.25) is 14.7 Å². The zero-order valence-electron chi connectivity index (χ0n) is 14.2. The molecule has 0 bridgehead atoms. The number of hydrogen-bond donors (Lipinski definition) is 2. The number of nitrogens with zero attached hydrogens (tertiary/aromatic N) is 1. The summed E-state index contributed by atoms with van der Waals surface area (Å²) in [5, 5.41) is 9.80. The van der Waals surface area contributed by atoms with Crippen molar-refractivity contribution in [1.82, 2.24) is 15.5 Å². The fourth-order valence-corrected chi connectivity index (χ4v) is 2.94. The van der Waals surface area contributed by atoms with Gasteiger partial charge >= 0.3 is 0 Å². The van der Waals surface area contributed by atoms with Crippen LogP contribution in [0.4, 0.5) is 4.39 Å². The van der Waals surface area contributed by atoms with Crippen LogP contribution in [0, 0.1) is 5.82 Å². The number of amides is 1. The average molecular weight is 363 g/mol. The smallest absolute Gasteiger partial charge is 0.271 e. The second-order valence-electron chi connectivity index (χ2n) is 5.68. The molecule has 0 aliphatic heterocycles. The SMILES string of the molecule is CC(=O)SCCCCCCNC(=O)c1cc(-c2ccc(F)cc2)[nH]n1. The lowest BCUT2D eigenvalue weighted by molar-refractivity contribution is -0.109. The van der Waals surface area contributed by atoms with Crippen LogP contribution in [0.25, 0.3) is 11.3 Å². The highest BCUT2D eigenvalue weighted by atomic mass is 32.2. The molecule has 1 amide bonds. The number of H-pyrrole nitrogens is 1. The highest BCUT2D eigenvalue weighted by molar-refractivity contribution is 8.13. The van der Waals surface area contributed by atoms with Crippen LogP contribution in [-0.2, 0) is 4.79 Å². The van der Waals surface area contributed by atoms with Crippen molar-refractivity contribution in [3.8, 4) is 11.3 Å². The van der Waals surface area contributed by atoms with Gasteiger partial charge in [0.15, 0.2) is 10.8 Å². The summed E-state index contributed by atoms with van der Waals surface area (Å²) in [6.45, 7) is 2.17. The summed E-state index contributed by atoms with van der Waals surface area (Å²) in [4.78, 5) is 22.8. The van der Waals surface area contributed by atoms with Crippen LogP contribution in [0.3, 0.4) is 0 Å². The van der Waals surface area contributed by atoms with Crippen LogP contribution in [-0.4, -0.2) is 33.5 Å². The third-order valence-corrected chi connectivity index (χ3v) is 4.53. The van der Waals surface area contributed by atoms with Gasteiger partial charge in [0.1, 0.15) is 5.82 Å². The van der Waals surface area contributed by atoms with Crippen molar-refractivity contribution >= 4 is 22.8 Å². The molecule has 0 atom stereocenters. The van der Waals surface area contributed by atoms with Crippen LogP contribution in [0.15, 0.2) is 30.3 Å². The molecule has 0 unspecified atom stereocenters. The summed E-state index contributed by atoms with van der Waals surface area (Å²) in [5.74, 6) is 0.332. The van der Waals surface area contributed by atoms with Gasteiger partial charge in [0.2, 0.25) is 0 Å². The Labute approximate surface area is 150 Å². The quantitative estimate of drug-likeness (QED) is 0.665. The van der Waals surface area contributed by atoms with Gasteiger partial charge in [-0.1, -0.05) is 24.6 Å². The highest BCUT2D eigenvalue weighted by Crippen LogP contribution is 2.18. The summed E-state index contributed by atoms with van der Waals surface area (Å²) in [6.07, 6.45) is 3.97. The number of carbonyl (C=O) groups excluding carboxylic acids is 2. The number of halogens is 1. The third kappa shape index (κ3) is 6.70. The van der Waals surface area contributed by atoms with Crippen molar-refractivity contribution in [2.75, 3.05) is 12.3 Å². The number of nitrogens with one attached hydrogen (secondary N) is 2. The number of carbonyl (C=O) groups is 2. The molecule has 25 heavy (non-hydrogen) atoms. The molecule has 0 spiro atoms. The molecular formula is C18H22FN3O2S. The van der Waals surface area contributed by atoms with E-state index in [1.807, 2.05) is 0 Å². The van der Waals surface area contributed by atoms with Gasteiger partial charge in [-0.2, -0.15) is 5.10 Å². The monoisotopic (exact) mass is 363 g/mol. The highest BCUT2D eigenvalue weighted by Gasteiger charge is 2.10. The van der Waals surface area contributed by atoms with E-state index in [1.54, 1.807) is 25.1 Å². The molecule has 1 aromatic heterocycles. The van der Waals surface area contributed by atoms with Gasteiger partial charge in [-0.05, 0) is 48.7 Å². The van der Waals surface area contributed by atoms with Crippen LogP contribution in [0.2, 0.25) is 0 Å². The molecule has 0 saturated heterocycles. The van der Waals surface area contributed by atoms with Gasteiger partial charge < -0.3 is 5.32 Å². The maximum absolute atomic E-state index is 12.9. The molecule has 5 nitrogen and oxygen atoms in total. The second-order valence-corrected chi connectivity index (χ2v) is 6.96. The van der Waals surface area contributed by atoms with Crippen molar-refractivity contribution in [3.05, 3.63) is 41.8 Å². The first kappa shape index (κ1) is 19.2. The van der Waals surface area contributed by atoms with Crippen molar-refractivity contribution < 1.29 is 14.0 Å². The van der Waals surface area contributed by atoms with Gasteiger partial charge in [0, 0.05) is 19.2 Å². The molecule has 0 aliphatic rings. The lowest BCUT2D eigenvalue weighted by Gasteiger charge is -2.03. The fourth-order valence-electron chi connectivity index (χ4n) is 2.30. The van der Waals surface area contributed by atoms with E-state index < -0.39 is 0 Å². The molecule has 1 aromatic carbocycles. The molecule has 0 radical (unpaired) electrons. The van der Waals surface area contributed by atoms with E-state index in [-0.39, 0.29) is 16.8 Å². The minimum atomic E-state index is -0.305. The Kier molecular flexibility index (Phi) is 7.66. The maximum Gasteiger partial charge on any atom is 0.271 e. The second kappa shape index (κ2) is 9.98. The van der Waals surface area contributed by atoms with Gasteiger partial charge in [0.05, 0.1) is 5.69 Å². The number of aromatic nitrogens is 2. The molecular weight excluding hydrogens is 341 g/mol. The minimum Gasteiger partial charge on any atom is -0.351 e. The molecule has 2 aromatic rings. The van der Waals surface area contributed by atoms with E-state index in [1.165, 1.54) is 23.9 Å². The summed E-state index contributed by atoms with van der Waals surface area (Å²) >= 11 is 1.36. The summed E-state index contributed by atoms with van der Waals surface area (Å²) in [5.41, 5.74) is 1.77. The number of aromatic amines is 1. The van der Waals surface area contributed by atoms with Gasteiger partial charge in [-0.15, -0.1) is 0 Å². The minimum absolute atomic E-state index is 0.159. The van der Waals surface area contributed by atoms with Crippen LogP contribution < -0.4 is 5.32 Å². The third-order valence-electron chi connectivity index (χ3n) is 3.63. The predicted octanol–water partition coefficient (Wildman–Crippen LogP) is 3.79. The Bertz CT molecular complexity index is 701. The zero-order chi connectivity index (χ0) is 18.1. The fraction of sp³-hybridized carbons (Fsp3) is 0.389. The maximum atomic E-state index is 12.9. The van der Waals surface area contributed by atoms with Crippen LogP contribution in [0.5, 0.6) is 0 Å². The predicted molar refractivity (Wildman–Crippen MR) is 97.9 cm³/mol. The number of unbranched alkanes of at least 4 members (excludes halogenated alkanes) is 3. The van der Waals surface area contributed by atoms with E-state index >= 15 is 0 Å². The molecule has 2 rings (SSSR count). The van der Waals surface area contributed by atoms with Crippen molar-refractivity contribution in [1.29, 1.82) is 0 Å². The Morgan fingerprint density at radius 1 is 1.16 bits per heavy atom. The zero-order valence-corrected chi connectivity index (χ0v) is 15.0. The van der Waals surface area contributed by atoms with E-state index in [4.69, 9.17) is 0 Å². The van der Waals surface area contributed by atoms with Crippen molar-refractivity contribution in [3.63, 3.8) is 0 Å². The summed E-state index contributed by atoms with van der Waals surface area (Å²) in [6, 6.07) is 7.65. The summed E-state index contributed by atoms with van der Waals surface area (Å²) in [7, 11) is 0. The molecule has 134 valence electrons. The van der Waals surface area contributed by atoms with Crippen LogP contribution >= 0.6 is 11.8 Å². The Balaban J connectivity index is 1.68. The Morgan fingerprint density at radius 2 is 1.88 bits per heavy atom. The number of rotatable bonds is 9. The van der Waals surface area contributed by atoms with E-state index in [9.17, 15) is 14.0 Å². The summed E-state index contributed by atoms with van der Waals surface area (Å²) < 4.78 is 12.9. The molecule has 0 fully saturated rings. The Morgan fingerprint density at radius 3 is 2.60 bits per heavy atom. The van der Waals surface area contributed by atoms with Crippen molar-refractivity contribution in [2.45, 2.75) is 32.6 Å². The van der Waals surface area contributed by atoms with E-state index in [0.29, 0.717) is 17.9 Å². The van der Waals surface area contributed by atoms with E-state index in [0.717, 1.165) is 37.0 Å². The standard InChI is InChI=1S/C18H22FN3O2S/c1-13(23)25-11-5-3-2-4-10-20-18(24)17-12-16(21-22-17)14-6-8-15(19)9-7-14/h6-9,12H,2-5,10-11H2,1H3,(H,20,24)(H,21,22). The molecule has 2 N–H and O–H groups in total. The largest absolute Gasteiger partial charge is 0.351 e. The molecule has 1 heterocycles. The normalized spacial score (nSPS) is 10.6. The van der Waals surface area contributed by atoms with E-state index in [2.05, 4.69) is 15.5 Å². The molecule has 0 aliphatic carbocycles. The van der Waals surface area contributed by atoms with Gasteiger partial charge in [0.25, 0.3) is 5.91 Å². The first-order valence-corrected chi connectivity index (χ1v) is 9.28. The first-order chi connectivity index (χ1) is 12.1. The molecule has 0 saturated carbocycles. The lowest BCUT2D eigenvalue weighted by Crippen LogP contribution is -2.24. The van der Waals surface area contributed by atoms with Crippen LogP contribution in [0.1, 0.15) is 43.1 Å². The topological polar surface area (TPSA) is 74.8 Å². The first-order valence-electron chi connectivity index (χ1n) is 8.29. The van der Waals surface area contributed by atoms with Crippen molar-refractivity contribution in [2.24, 2.45) is 0 Å². The number of thioether (sulfide) groups is 1. The Hall–Kier alpha value is -2.15. The average Bonchev–Trinajstić information content (AvgIpc) is 3.07.